The average Bonchev–Trinajstić information content (AvgIpc) is 2.46. The quantitative estimate of drug-likeness (QED) is 0.829. The lowest BCUT2D eigenvalue weighted by atomic mass is 9.99. The van der Waals surface area contributed by atoms with E-state index in [4.69, 9.17) is 9.47 Å². The summed E-state index contributed by atoms with van der Waals surface area (Å²) in [6.45, 7) is 2.08. The highest BCUT2D eigenvalue weighted by Gasteiger charge is 2.23. The molecule has 1 aliphatic rings. The van der Waals surface area contributed by atoms with E-state index in [0.29, 0.717) is 18.9 Å². The van der Waals surface area contributed by atoms with Gasteiger partial charge in [-0.15, -0.1) is 0 Å². The zero-order chi connectivity index (χ0) is 14.4. The fourth-order valence-electron chi connectivity index (χ4n) is 2.41. The summed E-state index contributed by atoms with van der Waals surface area (Å²) in [6.07, 6.45) is 1.98. The number of likely N-dealkylation sites (tertiary alicyclic amines) is 1. The molecule has 1 amide bonds. The van der Waals surface area contributed by atoms with Gasteiger partial charge in [0, 0.05) is 32.2 Å². The first-order chi connectivity index (χ1) is 9.69. The molecule has 1 atom stereocenters. The van der Waals surface area contributed by atoms with Gasteiger partial charge in [0.1, 0.15) is 18.2 Å². The molecule has 0 aliphatic carbocycles. The van der Waals surface area contributed by atoms with Crippen LogP contribution < -0.4 is 4.74 Å². The van der Waals surface area contributed by atoms with Gasteiger partial charge < -0.3 is 14.4 Å². The van der Waals surface area contributed by atoms with Crippen LogP contribution in [0.5, 0.6) is 5.75 Å². The van der Waals surface area contributed by atoms with E-state index in [1.165, 1.54) is 19.2 Å². The molecule has 1 heterocycles. The summed E-state index contributed by atoms with van der Waals surface area (Å²) >= 11 is 0. The lowest BCUT2D eigenvalue weighted by Gasteiger charge is -2.32. The van der Waals surface area contributed by atoms with E-state index < -0.39 is 0 Å². The largest absolute Gasteiger partial charge is 0.493 e. The zero-order valence-corrected chi connectivity index (χ0v) is 11.7. The molecule has 1 saturated heterocycles. The summed E-state index contributed by atoms with van der Waals surface area (Å²) in [5, 5.41) is 0. The summed E-state index contributed by atoms with van der Waals surface area (Å²) < 4.78 is 23.5. The molecular formula is C15H20FNO3. The van der Waals surface area contributed by atoms with Crippen molar-refractivity contribution >= 4 is 5.91 Å². The Kier molecular flexibility index (Phi) is 5.35. The van der Waals surface area contributed by atoms with Gasteiger partial charge in [-0.3, -0.25) is 4.79 Å². The molecule has 1 aromatic carbocycles. The van der Waals surface area contributed by atoms with Crippen molar-refractivity contribution in [2.45, 2.75) is 12.8 Å². The minimum Gasteiger partial charge on any atom is -0.493 e. The maximum Gasteiger partial charge on any atom is 0.248 e. The maximum atomic E-state index is 13.0. The van der Waals surface area contributed by atoms with Gasteiger partial charge in [-0.25, -0.2) is 4.39 Å². The van der Waals surface area contributed by atoms with E-state index >= 15 is 0 Å². The Balaban J connectivity index is 1.82. The number of halogens is 1. The standard InChI is InChI=1S/C15H20FNO3/c1-19-11-15(18)17-7-3-4-12(9-17)10-20-14-6-2-5-13(16)8-14/h2,5-6,8,12H,3-4,7,9-11H2,1H3. The van der Waals surface area contributed by atoms with Crippen molar-refractivity contribution in [3.8, 4) is 5.75 Å². The number of hydrogen-bond donors (Lipinski definition) is 0. The molecule has 0 spiro atoms. The first kappa shape index (κ1) is 14.8. The van der Waals surface area contributed by atoms with Gasteiger partial charge in [-0.05, 0) is 25.0 Å². The molecule has 20 heavy (non-hydrogen) atoms. The van der Waals surface area contributed by atoms with Gasteiger partial charge >= 0.3 is 0 Å². The van der Waals surface area contributed by atoms with E-state index in [2.05, 4.69) is 0 Å². The number of ether oxygens (including phenoxy) is 2. The topological polar surface area (TPSA) is 38.8 Å². The number of methoxy groups -OCH3 is 1. The molecule has 4 nitrogen and oxygen atoms in total. The van der Waals surface area contributed by atoms with Gasteiger partial charge in [0.15, 0.2) is 0 Å². The number of rotatable bonds is 5. The number of piperidine rings is 1. The number of benzene rings is 1. The Bertz CT molecular complexity index is 452. The highest BCUT2D eigenvalue weighted by Crippen LogP contribution is 2.19. The van der Waals surface area contributed by atoms with Gasteiger partial charge in [-0.2, -0.15) is 0 Å². The predicted molar refractivity (Wildman–Crippen MR) is 73.1 cm³/mol. The van der Waals surface area contributed by atoms with Gasteiger partial charge in [0.25, 0.3) is 0 Å². The zero-order valence-electron chi connectivity index (χ0n) is 11.7. The van der Waals surface area contributed by atoms with Crippen LogP contribution in [0.15, 0.2) is 24.3 Å². The van der Waals surface area contributed by atoms with E-state index in [9.17, 15) is 9.18 Å². The smallest absolute Gasteiger partial charge is 0.248 e. The lowest BCUT2D eigenvalue weighted by molar-refractivity contribution is -0.137. The van der Waals surface area contributed by atoms with Crippen molar-refractivity contribution in [3.05, 3.63) is 30.1 Å². The number of amides is 1. The minimum absolute atomic E-state index is 0.0166. The van der Waals surface area contributed by atoms with Crippen LogP contribution in [-0.4, -0.2) is 44.2 Å². The van der Waals surface area contributed by atoms with Gasteiger partial charge in [0.2, 0.25) is 5.91 Å². The molecule has 0 bridgehead atoms. The Morgan fingerprint density at radius 1 is 1.50 bits per heavy atom. The van der Waals surface area contributed by atoms with Crippen LogP contribution in [0.3, 0.4) is 0 Å². The number of hydrogen-bond acceptors (Lipinski definition) is 3. The Labute approximate surface area is 118 Å². The summed E-state index contributed by atoms with van der Waals surface area (Å²) in [7, 11) is 1.52. The van der Waals surface area contributed by atoms with Crippen molar-refractivity contribution in [3.63, 3.8) is 0 Å². The number of carbonyl (C=O) groups excluding carboxylic acids is 1. The summed E-state index contributed by atoms with van der Waals surface area (Å²) in [4.78, 5) is 13.6. The first-order valence-corrected chi connectivity index (χ1v) is 6.84. The Morgan fingerprint density at radius 3 is 3.10 bits per heavy atom. The van der Waals surface area contributed by atoms with Crippen LogP contribution in [0.1, 0.15) is 12.8 Å². The van der Waals surface area contributed by atoms with E-state index in [-0.39, 0.29) is 24.2 Å². The van der Waals surface area contributed by atoms with Gasteiger partial charge in [-0.1, -0.05) is 6.07 Å². The van der Waals surface area contributed by atoms with Crippen molar-refractivity contribution < 1.29 is 18.7 Å². The Morgan fingerprint density at radius 2 is 2.35 bits per heavy atom. The monoisotopic (exact) mass is 281 g/mol. The molecule has 1 aliphatic heterocycles. The van der Waals surface area contributed by atoms with Crippen molar-refractivity contribution in [2.24, 2.45) is 5.92 Å². The van der Waals surface area contributed by atoms with Crippen LogP contribution >= 0.6 is 0 Å². The average molecular weight is 281 g/mol. The number of nitrogens with zero attached hydrogens (tertiary/aromatic N) is 1. The SMILES string of the molecule is COCC(=O)N1CCCC(COc2cccc(F)c2)C1. The highest BCUT2D eigenvalue weighted by atomic mass is 19.1. The van der Waals surface area contributed by atoms with E-state index in [0.717, 1.165) is 19.4 Å². The number of carbonyl (C=O) groups is 1. The van der Waals surface area contributed by atoms with Crippen LogP contribution in [0.4, 0.5) is 4.39 Å². The minimum atomic E-state index is -0.303. The molecular weight excluding hydrogens is 261 g/mol. The fraction of sp³-hybridized carbons (Fsp3) is 0.533. The molecule has 1 aromatic rings. The fourth-order valence-corrected chi connectivity index (χ4v) is 2.41. The van der Waals surface area contributed by atoms with Gasteiger partial charge in [0.05, 0.1) is 6.61 Å². The third-order valence-electron chi connectivity index (χ3n) is 3.42. The Hall–Kier alpha value is -1.62. The second-order valence-electron chi connectivity index (χ2n) is 5.05. The van der Waals surface area contributed by atoms with E-state index in [1.807, 2.05) is 4.90 Å². The highest BCUT2D eigenvalue weighted by molar-refractivity contribution is 5.77. The summed E-state index contributed by atoms with van der Waals surface area (Å²) in [5.74, 6) is 0.532. The molecule has 0 radical (unpaired) electrons. The summed E-state index contributed by atoms with van der Waals surface area (Å²) in [5.41, 5.74) is 0. The molecule has 5 heteroatoms. The molecule has 0 saturated carbocycles. The van der Waals surface area contributed by atoms with Crippen molar-refractivity contribution in [1.82, 2.24) is 4.90 Å². The predicted octanol–water partition coefficient (Wildman–Crippen LogP) is 2.09. The van der Waals surface area contributed by atoms with Crippen molar-refractivity contribution in [2.75, 3.05) is 33.4 Å². The second kappa shape index (κ2) is 7.24. The molecule has 0 aromatic heterocycles. The van der Waals surface area contributed by atoms with Crippen LogP contribution in [-0.2, 0) is 9.53 Å². The molecule has 0 N–H and O–H groups in total. The normalized spacial score (nSPS) is 18.9. The van der Waals surface area contributed by atoms with Crippen LogP contribution in [0, 0.1) is 11.7 Å². The molecule has 1 unspecified atom stereocenters. The third-order valence-corrected chi connectivity index (χ3v) is 3.42. The molecule has 110 valence electrons. The van der Waals surface area contributed by atoms with Crippen LogP contribution in [0.25, 0.3) is 0 Å². The molecule has 1 fully saturated rings. The second-order valence-corrected chi connectivity index (χ2v) is 5.05. The summed E-state index contributed by atoms with van der Waals surface area (Å²) in [6, 6.07) is 6.12. The lowest BCUT2D eigenvalue weighted by Crippen LogP contribution is -2.43. The molecule has 2 rings (SSSR count). The maximum absolute atomic E-state index is 13.0. The van der Waals surface area contributed by atoms with Crippen molar-refractivity contribution in [1.29, 1.82) is 0 Å². The van der Waals surface area contributed by atoms with Crippen LogP contribution in [0.2, 0.25) is 0 Å². The first-order valence-electron chi connectivity index (χ1n) is 6.84. The third kappa shape index (κ3) is 4.20. The van der Waals surface area contributed by atoms with E-state index in [1.54, 1.807) is 12.1 Å².